The van der Waals surface area contributed by atoms with Crippen LogP contribution >= 0.6 is 11.6 Å². The van der Waals surface area contributed by atoms with Gasteiger partial charge in [0, 0.05) is 54.7 Å². The molecule has 2 N–H and O–H groups in total. The van der Waals surface area contributed by atoms with Crippen LogP contribution in [0.15, 0.2) is 42.9 Å². The average Bonchev–Trinajstić information content (AvgIpc) is 3.30. The summed E-state index contributed by atoms with van der Waals surface area (Å²) in [5, 5.41) is 4.82. The number of amides is 1. The number of anilines is 1. The summed E-state index contributed by atoms with van der Waals surface area (Å²) in [6.45, 7) is 2.45. The van der Waals surface area contributed by atoms with Crippen molar-refractivity contribution in [1.29, 1.82) is 0 Å². The molecule has 3 aromatic rings. The minimum Gasteiger partial charge on any atom is -0.370 e. The van der Waals surface area contributed by atoms with Crippen LogP contribution in [0.5, 0.6) is 0 Å². The molecule has 2 aliphatic rings. The van der Waals surface area contributed by atoms with E-state index >= 15 is 0 Å². The molecule has 1 spiro atoms. The van der Waals surface area contributed by atoms with Crippen molar-refractivity contribution < 1.29 is 4.79 Å². The first-order valence-corrected chi connectivity index (χ1v) is 9.79. The predicted molar refractivity (Wildman–Crippen MR) is 108 cm³/mol. The van der Waals surface area contributed by atoms with Gasteiger partial charge in [0.15, 0.2) is 0 Å². The molecule has 1 amide bonds. The summed E-state index contributed by atoms with van der Waals surface area (Å²) in [6, 6.07) is 8.32. The number of H-pyrrole nitrogens is 1. The van der Waals surface area contributed by atoms with Gasteiger partial charge < -0.3 is 15.2 Å². The van der Waals surface area contributed by atoms with E-state index in [1.165, 1.54) is 0 Å². The first-order valence-electron chi connectivity index (χ1n) is 9.41. The number of halogens is 1. The molecule has 2 fully saturated rings. The van der Waals surface area contributed by atoms with Crippen LogP contribution in [-0.2, 0) is 4.79 Å². The Morgan fingerprint density at radius 1 is 1.07 bits per heavy atom. The zero-order valence-corrected chi connectivity index (χ0v) is 15.7. The molecule has 0 atom stereocenters. The summed E-state index contributed by atoms with van der Waals surface area (Å²) in [5.74, 6) is 0.222. The van der Waals surface area contributed by atoms with E-state index in [0.717, 1.165) is 66.6 Å². The normalized spacial score (nSPS) is 19.0. The number of hydrogen-bond acceptors (Lipinski definition) is 3. The molecule has 0 bridgehead atoms. The summed E-state index contributed by atoms with van der Waals surface area (Å²) < 4.78 is 0. The Kier molecular flexibility index (Phi) is 3.86. The second-order valence-corrected chi connectivity index (χ2v) is 7.94. The molecule has 6 heteroatoms. The monoisotopic (exact) mass is 380 g/mol. The van der Waals surface area contributed by atoms with Crippen LogP contribution < -0.4 is 10.2 Å². The van der Waals surface area contributed by atoms with Crippen LogP contribution in [0.3, 0.4) is 0 Å². The number of hydrogen-bond donors (Lipinski definition) is 2. The van der Waals surface area contributed by atoms with Crippen LogP contribution in [0, 0.1) is 5.41 Å². The van der Waals surface area contributed by atoms with Gasteiger partial charge in [-0.1, -0.05) is 23.7 Å². The number of aromatic nitrogens is 2. The van der Waals surface area contributed by atoms with Crippen molar-refractivity contribution in [2.75, 3.05) is 24.5 Å². The van der Waals surface area contributed by atoms with Crippen LogP contribution in [0.4, 0.5) is 5.69 Å². The predicted octanol–water partition coefficient (Wildman–Crippen LogP) is 3.99. The highest BCUT2D eigenvalue weighted by Crippen LogP contribution is 2.44. The van der Waals surface area contributed by atoms with E-state index in [1.807, 2.05) is 18.5 Å². The highest BCUT2D eigenvalue weighted by molar-refractivity contribution is 6.34. The molecule has 138 valence electrons. The van der Waals surface area contributed by atoms with Crippen LogP contribution in [-0.4, -0.2) is 35.5 Å². The number of benzene rings is 1. The second-order valence-electron chi connectivity index (χ2n) is 7.54. The Labute approximate surface area is 162 Å². The summed E-state index contributed by atoms with van der Waals surface area (Å²) in [6.07, 6.45) is 8.24. The maximum absolute atomic E-state index is 12.3. The van der Waals surface area contributed by atoms with E-state index in [-0.39, 0.29) is 11.3 Å². The third kappa shape index (κ3) is 2.60. The molecule has 27 heavy (non-hydrogen) atoms. The van der Waals surface area contributed by atoms with Crippen molar-refractivity contribution in [3.05, 3.63) is 47.9 Å². The van der Waals surface area contributed by atoms with Gasteiger partial charge in [0.05, 0.1) is 16.1 Å². The van der Waals surface area contributed by atoms with Crippen molar-refractivity contribution in [3.8, 4) is 11.1 Å². The number of carbonyl (C=O) groups is 1. The maximum Gasteiger partial charge on any atom is 0.226 e. The third-order valence-electron chi connectivity index (χ3n) is 6.17. The molecule has 0 radical (unpaired) electrons. The highest BCUT2D eigenvalue weighted by Gasteiger charge is 2.44. The summed E-state index contributed by atoms with van der Waals surface area (Å²) in [5.41, 5.74) is 4.10. The minimum absolute atomic E-state index is 0.184. The van der Waals surface area contributed by atoms with Crippen LogP contribution in [0.2, 0.25) is 5.02 Å². The highest BCUT2D eigenvalue weighted by atomic mass is 35.5. The van der Waals surface area contributed by atoms with E-state index in [0.29, 0.717) is 5.02 Å². The van der Waals surface area contributed by atoms with Gasteiger partial charge in [-0.25, -0.2) is 0 Å². The van der Waals surface area contributed by atoms with E-state index in [9.17, 15) is 4.79 Å². The van der Waals surface area contributed by atoms with Gasteiger partial charge in [0.25, 0.3) is 0 Å². The molecular weight excluding hydrogens is 360 g/mol. The molecular formula is C21H21ClN4O. The lowest BCUT2D eigenvalue weighted by Crippen LogP contribution is -2.44. The Morgan fingerprint density at radius 3 is 2.70 bits per heavy atom. The zero-order valence-electron chi connectivity index (χ0n) is 15.0. The number of pyridine rings is 1. The Balaban J connectivity index is 1.54. The molecule has 1 aromatic carbocycles. The van der Waals surface area contributed by atoms with Gasteiger partial charge in [0.1, 0.15) is 0 Å². The Hall–Kier alpha value is -2.53. The smallest absolute Gasteiger partial charge is 0.226 e. The first kappa shape index (κ1) is 16.6. The molecule has 0 aliphatic carbocycles. The fourth-order valence-corrected chi connectivity index (χ4v) is 4.90. The standard InChI is InChI=1S/C21H21ClN4O/c22-17-13-23-12-16(14-2-1-3-18-15(14)4-8-24-18)19(17)26-10-6-21(7-11-26)5-9-25-20(21)27/h1-4,8,12-13,24H,5-7,9-11H2,(H,25,27). The van der Waals surface area contributed by atoms with Gasteiger partial charge in [-0.15, -0.1) is 0 Å². The first-order chi connectivity index (χ1) is 13.2. The van der Waals surface area contributed by atoms with Crippen molar-refractivity contribution >= 4 is 34.1 Å². The number of nitrogens with one attached hydrogen (secondary N) is 2. The van der Waals surface area contributed by atoms with Crippen LogP contribution in [0.1, 0.15) is 19.3 Å². The lowest BCUT2D eigenvalue weighted by molar-refractivity contribution is -0.128. The Bertz CT molecular complexity index is 1020. The summed E-state index contributed by atoms with van der Waals surface area (Å²) in [4.78, 5) is 22.2. The Morgan fingerprint density at radius 2 is 1.93 bits per heavy atom. The van der Waals surface area contributed by atoms with Crippen molar-refractivity contribution in [1.82, 2.24) is 15.3 Å². The fourth-order valence-electron chi connectivity index (χ4n) is 4.62. The van der Waals surface area contributed by atoms with Crippen molar-refractivity contribution in [2.24, 2.45) is 5.41 Å². The third-order valence-corrected chi connectivity index (χ3v) is 6.44. The SMILES string of the molecule is O=C1NCCC12CCN(c1c(Cl)cncc1-c1cccc3[nH]ccc13)CC2. The molecule has 2 aromatic heterocycles. The van der Waals surface area contributed by atoms with Gasteiger partial charge in [-0.05, 0) is 37.0 Å². The van der Waals surface area contributed by atoms with E-state index in [2.05, 4.69) is 38.4 Å². The second kappa shape index (κ2) is 6.27. The molecule has 5 nitrogen and oxygen atoms in total. The molecule has 0 unspecified atom stereocenters. The van der Waals surface area contributed by atoms with Gasteiger partial charge >= 0.3 is 0 Å². The topological polar surface area (TPSA) is 61.0 Å². The number of piperidine rings is 1. The molecule has 5 rings (SSSR count). The van der Waals surface area contributed by atoms with Crippen LogP contribution in [0.25, 0.3) is 22.0 Å². The quantitative estimate of drug-likeness (QED) is 0.706. The van der Waals surface area contributed by atoms with Gasteiger partial charge in [-0.3, -0.25) is 9.78 Å². The number of rotatable bonds is 2. The van der Waals surface area contributed by atoms with Crippen molar-refractivity contribution in [2.45, 2.75) is 19.3 Å². The number of aromatic amines is 1. The largest absolute Gasteiger partial charge is 0.370 e. The number of nitrogens with zero attached hydrogens (tertiary/aromatic N) is 2. The number of carbonyl (C=O) groups excluding carboxylic acids is 1. The lowest BCUT2D eigenvalue weighted by atomic mass is 9.77. The maximum atomic E-state index is 12.3. The van der Waals surface area contributed by atoms with Crippen molar-refractivity contribution in [3.63, 3.8) is 0 Å². The van der Waals surface area contributed by atoms with E-state index in [4.69, 9.17) is 11.6 Å². The molecule has 4 heterocycles. The average molecular weight is 381 g/mol. The minimum atomic E-state index is -0.184. The van der Waals surface area contributed by atoms with Gasteiger partial charge in [0.2, 0.25) is 5.91 Å². The number of fused-ring (bicyclic) bond motifs is 1. The molecule has 2 aliphatic heterocycles. The zero-order chi connectivity index (χ0) is 18.4. The van der Waals surface area contributed by atoms with E-state index < -0.39 is 0 Å². The lowest BCUT2D eigenvalue weighted by Gasteiger charge is -2.39. The molecule has 2 saturated heterocycles. The fraction of sp³-hybridized carbons (Fsp3) is 0.333. The summed E-state index contributed by atoms with van der Waals surface area (Å²) in [7, 11) is 0. The van der Waals surface area contributed by atoms with E-state index in [1.54, 1.807) is 6.20 Å². The summed E-state index contributed by atoms with van der Waals surface area (Å²) >= 11 is 6.63. The van der Waals surface area contributed by atoms with Gasteiger partial charge in [-0.2, -0.15) is 0 Å². The molecule has 0 saturated carbocycles.